The fraction of sp³-hybridized carbons (Fsp3) is 0.583. The van der Waals surface area contributed by atoms with Crippen LogP contribution in [0.4, 0.5) is 0 Å². The second-order valence-electron chi connectivity index (χ2n) is 4.54. The van der Waals surface area contributed by atoms with Gasteiger partial charge in [0.1, 0.15) is 0 Å². The minimum atomic E-state index is -0.831. The summed E-state index contributed by atoms with van der Waals surface area (Å²) >= 11 is 0. The van der Waals surface area contributed by atoms with Gasteiger partial charge in [-0.15, -0.1) is 0 Å². The molecule has 1 aliphatic carbocycles. The number of hydrogen-bond donors (Lipinski definition) is 2. The first-order valence-corrected chi connectivity index (χ1v) is 6.18. The highest BCUT2D eigenvalue weighted by Crippen LogP contribution is 2.26. The number of aryl methyl sites for hydroxylation is 1. The maximum absolute atomic E-state index is 11.9. The Morgan fingerprint density at radius 1 is 1.56 bits per heavy atom. The van der Waals surface area contributed by atoms with E-state index in [1.165, 1.54) is 6.20 Å². The molecular weight excluding hydrogens is 234 g/mol. The molecule has 0 aromatic carbocycles. The summed E-state index contributed by atoms with van der Waals surface area (Å²) in [4.78, 5) is 23.0. The molecule has 0 radical (unpaired) electrons. The normalized spacial score (nSPS) is 22.9. The van der Waals surface area contributed by atoms with E-state index in [0.717, 1.165) is 12.8 Å². The van der Waals surface area contributed by atoms with Crippen LogP contribution in [0.3, 0.4) is 0 Å². The Morgan fingerprint density at radius 2 is 2.33 bits per heavy atom. The van der Waals surface area contributed by atoms with Gasteiger partial charge in [0.25, 0.3) is 5.91 Å². The third kappa shape index (κ3) is 2.52. The van der Waals surface area contributed by atoms with E-state index in [1.54, 1.807) is 10.9 Å². The number of carboxylic acid groups (broad SMARTS) is 1. The molecule has 98 valence electrons. The van der Waals surface area contributed by atoms with E-state index in [1.807, 2.05) is 6.92 Å². The van der Waals surface area contributed by atoms with Crippen LogP contribution in [0, 0.1) is 5.92 Å². The Morgan fingerprint density at radius 3 is 2.94 bits per heavy atom. The molecule has 0 spiro atoms. The number of aromatic nitrogens is 2. The number of carboxylic acids is 1. The Labute approximate surface area is 105 Å². The van der Waals surface area contributed by atoms with E-state index in [2.05, 4.69) is 10.4 Å². The maximum atomic E-state index is 11.9. The quantitative estimate of drug-likeness (QED) is 0.832. The summed E-state index contributed by atoms with van der Waals surface area (Å²) in [7, 11) is 0. The van der Waals surface area contributed by atoms with Gasteiger partial charge in [-0.2, -0.15) is 5.10 Å². The Hall–Kier alpha value is -1.85. The largest absolute Gasteiger partial charge is 0.481 e. The fourth-order valence-corrected chi connectivity index (χ4v) is 2.33. The highest BCUT2D eigenvalue weighted by Gasteiger charge is 2.34. The van der Waals surface area contributed by atoms with Crippen LogP contribution in [0.5, 0.6) is 0 Å². The van der Waals surface area contributed by atoms with Crippen molar-refractivity contribution < 1.29 is 14.7 Å². The van der Waals surface area contributed by atoms with Crippen molar-refractivity contribution in [2.45, 2.75) is 38.8 Å². The first-order valence-electron chi connectivity index (χ1n) is 6.18. The van der Waals surface area contributed by atoms with E-state index < -0.39 is 11.9 Å². The van der Waals surface area contributed by atoms with Crippen LogP contribution in [0.15, 0.2) is 12.4 Å². The number of hydrogen-bond acceptors (Lipinski definition) is 3. The zero-order chi connectivity index (χ0) is 13.1. The maximum Gasteiger partial charge on any atom is 0.308 e. The van der Waals surface area contributed by atoms with Gasteiger partial charge in [0.2, 0.25) is 0 Å². The van der Waals surface area contributed by atoms with Crippen molar-refractivity contribution in [3.05, 3.63) is 18.0 Å². The zero-order valence-corrected chi connectivity index (χ0v) is 10.3. The van der Waals surface area contributed by atoms with Crippen molar-refractivity contribution in [1.82, 2.24) is 15.1 Å². The first kappa shape index (κ1) is 12.6. The lowest BCUT2D eigenvalue weighted by Crippen LogP contribution is -2.40. The van der Waals surface area contributed by atoms with Crippen molar-refractivity contribution >= 4 is 11.9 Å². The fourth-order valence-electron chi connectivity index (χ4n) is 2.33. The van der Waals surface area contributed by atoms with E-state index in [0.29, 0.717) is 18.5 Å². The molecular formula is C12H17N3O3. The molecule has 2 N–H and O–H groups in total. The van der Waals surface area contributed by atoms with Gasteiger partial charge in [0, 0.05) is 18.8 Å². The number of nitrogens with zero attached hydrogens (tertiary/aromatic N) is 2. The van der Waals surface area contributed by atoms with Crippen LogP contribution in [0.1, 0.15) is 36.5 Å². The zero-order valence-electron chi connectivity index (χ0n) is 10.3. The lowest BCUT2D eigenvalue weighted by atomic mass is 10.0. The number of carbonyl (C=O) groups excluding carboxylic acids is 1. The van der Waals surface area contributed by atoms with Gasteiger partial charge in [-0.1, -0.05) is 6.42 Å². The van der Waals surface area contributed by atoms with E-state index in [-0.39, 0.29) is 11.9 Å². The van der Waals surface area contributed by atoms with Gasteiger partial charge in [-0.05, 0) is 19.8 Å². The predicted octanol–water partition coefficient (Wildman–Crippen LogP) is 0.886. The Balaban J connectivity index is 2.00. The van der Waals surface area contributed by atoms with Gasteiger partial charge in [-0.25, -0.2) is 0 Å². The average molecular weight is 251 g/mol. The van der Waals surface area contributed by atoms with Crippen LogP contribution >= 0.6 is 0 Å². The van der Waals surface area contributed by atoms with Gasteiger partial charge < -0.3 is 10.4 Å². The van der Waals surface area contributed by atoms with Gasteiger partial charge in [0.15, 0.2) is 0 Å². The average Bonchev–Trinajstić information content (AvgIpc) is 2.96. The van der Waals surface area contributed by atoms with Crippen LogP contribution < -0.4 is 5.32 Å². The molecule has 0 bridgehead atoms. The highest BCUT2D eigenvalue weighted by atomic mass is 16.4. The summed E-state index contributed by atoms with van der Waals surface area (Å²) in [6.45, 7) is 2.64. The molecule has 6 nitrogen and oxygen atoms in total. The molecule has 18 heavy (non-hydrogen) atoms. The van der Waals surface area contributed by atoms with Gasteiger partial charge in [0.05, 0.1) is 17.7 Å². The third-order valence-corrected chi connectivity index (χ3v) is 3.37. The Bertz CT molecular complexity index is 455. The van der Waals surface area contributed by atoms with Crippen molar-refractivity contribution in [2.24, 2.45) is 5.92 Å². The molecule has 1 fully saturated rings. The monoisotopic (exact) mass is 251 g/mol. The van der Waals surface area contributed by atoms with Gasteiger partial charge >= 0.3 is 5.97 Å². The van der Waals surface area contributed by atoms with Crippen molar-refractivity contribution in [1.29, 1.82) is 0 Å². The second-order valence-corrected chi connectivity index (χ2v) is 4.54. The third-order valence-electron chi connectivity index (χ3n) is 3.37. The summed E-state index contributed by atoms with van der Waals surface area (Å²) in [5, 5.41) is 15.9. The number of amides is 1. The Kier molecular flexibility index (Phi) is 3.64. The predicted molar refractivity (Wildman–Crippen MR) is 64.1 cm³/mol. The topological polar surface area (TPSA) is 84.2 Å². The molecule has 2 rings (SSSR count). The standard InChI is InChI=1S/C12H17N3O3/c1-2-15-7-8(6-13-15)11(16)14-10-5-3-4-9(10)12(17)18/h6-7,9-10H,2-5H2,1H3,(H,14,16)(H,17,18)/t9-,10+/m0/s1. The lowest BCUT2D eigenvalue weighted by molar-refractivity contribution is -0.142. The molecule has 1 saturated carbocycles. The summed E-state index contributed by atoms with van der Waals surface area (Å²) < 4.78 is 1.66. The molecule has 1 aliphatic rings. The van der Waals surface area contributed by atoms with Crippen LogP contribution in [-0.2, 0) is 11.3 Å². The minimum absolute atomic E-state index is 0.243. The van der Waals surface area contributed by atoms with Crippen molar-refractivity contribution in [3.63, 3.8) is 0 Å². The molecule has 6 heteroatoms. The SMILES string of the molecule is CCn1cc(C(=O)N[C@@H]2CCC[C@@H]2C(=O)O)cn1. The molecule has 1 heterocycles. The minimum Gasteiger partial charge on any atom is -0.481 e. The van der Waals surface area contributed by atoms with Crippen molar-refractivity contribution in [3.8, 4) is 0 Å². The number of nitrogens with one attached hydrogen (secondary N) is 1. The van der Waals surface area contributed by atoms with Crippen LogP contribution in [0.25, 0.3) is 0 Å². The van der Waals surface area contributed by atoms with Gasteiger partial charge in [-0.3, -0.25) is 14.3 Å². The molecule has 0 saturated heterocycles. The van der Waals surface area contributed by atoms with E-state index in [4.69, 9.17) is 5.11 Å². The van der Waals surface area contributed by atoms with Crippen molar-refractivity contribution in [2.75, 3.05) is 0 Å². The number of carbonyl (C=O) groups is 2. The molecule has 1 aromatic rings. The van der Waals surface area contributed by atoms with Crippen LogP contribution in [-0.4, -0.2) is 32.8 Å². The second kappa shape index (κ2) is 5.20. The summed E-state index contributed by atoms with van der Waals surface area (Å²) in [5.74, 6) is -1.54. The molecule has 0 aliphatic heterocycles. The van der Waals surface area contributed by atoms with Crippen LogP contribution in [0.2, 0.25) is 0 Å². The molecule has 1 aromatic heterocycles. The number of aliphatic carboxylic acids is 1. The summed E-state index contributed by atoms with van der Waals surface area (Å²) in [5.41, 5.74) is 0.480. The molecule has 2 atom stereocenters. The summed E-state index contributed by atoms with van der Waals surface area (Å²) in [6, 6.07) is -0.264. The lowest BCUT2D eigenvalue weighted by Gasteiger charge is -2.16. The van der Waals surface area contributed by atoms with E-state index >= 15 is 0 Å². The highest BCUT2D eigenvalue weighted by molar-refractivity contribution is 5.94. The first-order chi connectivity index (χ1) is 8.61. The number of rotatable bonds is 4. The van der Waals surface area contributed by atoms with E-state index in [9.17, 15) is 9.59 Å². The smallest absolute Gasteiger partial charge is 0.308 e. The molecule has 0 unspecified atom stereocenters. The summed E-state index contributed by atoms with van der Waals surface area (Å²) in [6.07, 6.45) is 5.37. The molecule has 1 amide bonds.